The Morgan fingerprint density at radius 2 is 1.65 bits per heavy atom. The van der Waals surface area contributed by atoms with Gasteiger partial charge in [0.1, 0.15) is 17.9 Å². The van der Waals surface area contributed by atoms with Gasteiger partial charge in [-0.3, -0.25) is 14.7 Å². The third-order valence-electron chi connectivity index (χ3n) is 4.93. The number of aromatic nitrogens is 4. The number of benzene rings is 3. The Morgan fingerprint density at radius 3 is 2.38 bits per heavy atom. The van der Waals surface area contributed by atoms with E-state index in [1.54, 1.807) is 18.3 Å². The number of nitro groups is 1. The second kappa shape index (κ2) is 10.1. The first-order chi connectivity index (χ1) is 16.2. The van der Waals surface area contributed by atoms with Crippen LogP contribution in [0.1, 0.15) is 13.3 Å². The van der Waals surface area contributed by atoms with Gasteiger partial charge in [0.05, 0.1) is 4.92 Å². The van der Waals surface area contributed by atoms with Crippen molar-refractivity contribution in [3.05, 3.63) is 107 Å². The summed E-state index contributed by atoms with van der Waals surface area (Å²) in [6.45, 7) is 0.231. The van der Waals surface area contributed by atoms with Crippen molar-refractivity contribution >= 4 is 28.4 Å². The minimum absolute atomic E-state index is 0. The van der Waals surface area contributed by atoms with Crippen molar-refractivity contribution in [2.75, 3.05) is 0 Å². The molecule has 0 radical (unpaired) electrons. The largest absolute Gasteiger partial charge is 0.486 e. The molecule has 3 aromatic carbocycles. The second-order valence-corrected chi connectivity index (χ2v) is 8.02. The van der Waals surface area contributed by atoms with Gasteiger partial charge in [-0.25, -0.2) is 4.98 Å². The van der Waals surface area contributed by atoms with E-state index in [0.717, 1.165) is 16.3 Å². The van der Waals surface area contributed by atoms with E-state index in [1.807, 2.05) is 71.3 Å². The van der Waals surface area contributed by atoms with Crippen molar-refractivity contribution in [3.8, 4) is 11.4 Å². The number of pyridine rings is 1. The topological polar surface area (TPSA) is 96.0 Å². The molecule has 0 atom stereocenters. The van der Waals surface area contributed by atoms with Crippen LogP contribution < -0.4 is 4.74 Å². The second-order valence-electron chi connectivity index (χ2n) is 7.01. The normalized spacial score (nSPS) is 10.6. The lowest BCUT2D eigenvalue weighted by molar-refractivity contribution is -0.383. The van der Waals surface area contributed by atoms with Crippen LogP contribution in [0, 0.1) is 10.1 Å². The number of non-ortho nitro benzene ring substituents is 1. The van der Waals surface area contributed by atoms with E-state index in [4.69, 9.17) is 4.74 Å². The Labute approximate surface area is 200 Å². The number of rotatable bonds is 7. The maximum atomic E-state index is 11.4. The molecule has 5 rings (SSSR count). The molecule has 8 nitrogen and oxygen atoms in total. The van der Waals surface area contributed by atoms with Crippen LogP contribution >= 0.6 is 11.8 Å². The molecule has 2 heterocycles. The van der Waals surface area contributed by atoms with Gasteiger partial charge in [0, 0.05) is 28.2 Å². The van der Waals surface area contributed by atoms with Crippen molar-refractivity contribution in [2.45, 2.75) is 24.1 Å². The molecule has 5 aromatic rings. The SMILES string of the molecule is C.O=[N+]([O-])c1ccc(Sc2nnc(COc3ccccc3)n2-c2ccccc2)c2cccnc12. The molecule has 34 heavy (non-hydrogen) atoms. The Hall–Kier alpha value is -4.24. The Morgan fingerprint density at radius 1 is 0.912 bits per heavy atom. The van der Waals surface area contributed by atoms with Gasteiger partial charge in [-0.05, 0) is 54.2 Å². The van der Waals surface area contributed by atoms with Gasteiger partial charge in [-0.15, -0.1) is 10.2 Å². The van der Waals surface area contributed by atoms with Gasteiger partial charge >= 0.3 is 0 Å². The maximum absolute atomic E-state index is 11.4. The lowest BCUT2D eigenvalue weighted by Gasteiger charge is -2.12. The summed E-state index contributed by atoms with van der Waals surface area (Å²) in [6.07, 6.45) is 1.55. The van der Waals surface area contributed by atoms with E-state index in [1.165, 1.54) is 17.8 Å². The van der Waals surface area contributed by atoms with E-state index >= 15 is 0 Å². The summed E-state index contributed by atoms with van der Waals surface area (Å²) in [6, 6.07) is 26.0. The summed E-state index contributed by atoms with van der Waals surface area (Å²) in [5, 5.41) is 21.5. The van der Waals surface area contributed by atoms with Crippen LogP contribution in [0.5, 0.6) is 5.75 Å². The highest BCUT2D eigenvalue weighted by molar-refractivity contribution is 7.99. The molecule has 0 aliphatic heterocycles. The quantitative estimate of drug-likeness (QED) is 0.209. The number of hydrogen-bond acceptors (Lipinski definition) is 7. The number of nitrogens with zero attached hydrogens (tertiary/aromatic N) is 5. The predicted octanol–water partition coefficient (Wildman–Crippen LogP) is 6.09. The van der Waals surface area contributed by atoms with Gasteiger partial charge in [-0.2, -0.15) is 0 Å². The lowest BCUT2D eigenvalue weighted by atomic mass is 10.2. The molecule has 170 valence electrons. The molecular weight excluding hydrogens is 450 g/mol. The number of fused-ring (bicyclic) bond motifs is 1. The van der Waals surface area contributed by atoms with Gasteiger partial charge in [-0.1, -0.05) is 43.8 Å². The summed E-state index contributed by atoms with van der Waals surface area (Å²) >= 11 is 1.37. The highest BCUT2D eigenvalue weighted by Gasteiger charge is 2.20. The maximum Gasteiger partial charge on any atom is 0.295 e. The molecule has 2 aromatic heterocycles. The molecule has 0 aliphatic carbocycles. The summed E-state index contributed by atoms with van der Waals surface area (Å²) in [5.41, 5.74) is 1.20. The lowest BCUT2D eigenvalue weighted by Crippen LogP contribution is -2.06. The summed E-state index contributed by atoms with van der Waals surface area (Å²) in [7, 11) is 0. The van der Waals surface area contributed by atoms with E-state index in [2.05, 4.69) is 15.2 Å². The Balaban J connectivity index is 0.00000274. The molecule has 0 spiro atoms. The zero-order valence-corrected chi connectivity index (χ0v) is 18.1. The van der Waals surface area contributed by atoms with Crippen LogP contribution in [0.15, 0.2) is 101 Å². The molecule has 0 saturated carbocycles. The van der Waals surface area contributed by atoms with Crippen LogP contribution in [-0.2, 0) is 6.61 Å². The van der Waals surface area contributed by atoms with Gasteiger partial charge in [0.15, 0.2) is 5.82 Å². The van der Waals surface area contributed by atoms with Crippen LogP contribution in [0.25, 0.3) is 16.6 Å². The molecule has 0 amide bonds. The molecule has 0 bridgehead atoms. The Kier molecular flexibility index (Phi) is 6.84. The highest BCUT2D eigenvalue weighted by atomic mass is 32.2. The molecular formula is C25H21N5O3S. The van der Waals surface area contributed by atoms with Crippen molar-refractivity contribution < 1.29 is 9.66 Å². The first-order valence-corrected chi connectivity index (χ1v) is 10.9. The minimum Gasteiger partial charge on any atom is -0.486 e. The first-order valence-electron chi connectivity index (χ1n) is 10.1. The minimum atomic E-state index is -0.421. The summed E-state index contributed by atoms with van der Waals surface area (Å²) < 4.78 is 7.84. The van der Waals surface area contributed by atoms with E-state index in [9.17, 15) is 10.1 Å². The zero-order chi connectivity index (χ0) is 22.6. The molecule has 0 N–H and O–H groups in total. The van der Waals surface area contributed by atoms with Gasteiger partial charge < -0.3 is 4.74 Å². The summed E-state index contributed by atoms with van der Waals surface area (Å²) in [5.74, 6) is 1.37. The molecule has 0 fully saturated rings. The number of hydrogen-bond donors (Lipinski definition) is 0. The van der Waals surface area contributed by atoms with Crippen molar-refractivity contribution in [1.29, 1.82) is 0 Å². The van der Waals surface area contributed by atoms with Crippen LogP contribution in [0.4, 0.5) is 5.69 Å². The average Bonchev–Trinajstić information content (AvgIpc) is 3.26. The average molecular weight is 472 g/mol. The first kappa shape index (κ1) is 22.9. The van der Waals surface area contributed by atoms with Crippen molar-refractivity contribution in [1.82, 2.24) is 19.7 Å². The highest BCUT2D eigenvalue weighted by Crippen LogP contribution is 2.36. The van der Waals surface area contributed by atoms with Gasteiger partial charge in [0.25, 0.3) is 5.69 Å². The van der Waals surface area contributed by atoms with E-state index in [0.29, 0.717) is 21.9 Å². The molecule has 0 unspecified atom stereocenters. The number of para-hydroxylation sites is 2. The van der Waals surface area contributed by atoms with Crippen LogP contribution in [0.3, 0.4) is 0 Å². The fourth-order valence-corrected chi connectivity index (χ4v) is 4.42. The van der Waals surface area contributed by atoms with Crippen LogP contribution in [-0.4, -0.2) is 24.7 Å². The fraction of sp³-hybridized carbons (Fsp3) is 0.0800. The van der Waals surface area contributed by atoms with E-state index < -0.39 is 4.92 Å². The number of ether oxygens (including phenoxy) is 1. The summed E-state index contributed by atoms with van der Waals surface area (Å²) in [4.78, 5) is 16.0. The van der Waals surface area contributed by atoms with Crippen molar-refractivity contribution in [3.63, 3.8) is 0 Å². The van der Waals surface area contributed by atoms with Crippen LogP contribution in [0.2, 0.25) is 0 Å². The third-order valence-corrected chi connectivity index (χ3v) is 5.95. The standard InChI is InChI=1S/C24H17N5O3S.CH4/c30-29(31)20-13-14-21(19-12-7-15-25-23(19)20)33-24-27-26-22(16-32-18-10-5-2-6-11-18)28(24)17-8-3-1-4-9-17;/h1-15H,16H2;1H4. The molecule has 0 saturated heterocycles. The third kappa shape index (κ3) is 4.60. The van der Waals surface area contributed by atoms with Gasteiger partial charge in [0.2, 0.25) is 5.16 Å². The molecule has 0 aliphatic rings. The fourth-order valence-electron chi connectivity index (χ4n) is 3.43. The number of nitro benzene ring substituents is 1. The predicted molar refractivity (Wildman–Crippen MR) is 131 cm³/mol. The Bertz CT molecular complexity index is 1420. The smallest absolute Gasteiger partial charge is 0.295 e. The van der Waals surface area contributed by atoms with Crippen molar-refractivity contribution in [2.24, 2.45) is 0 Å². The molecule has 9 heteroatoms. The van der Waals surface area contributed by atoms with E-state index in [-0.39, 0.29) is 19.7 Å². The monoisotopic (exact) mass is 471 g/mol. The zero-order valence-electron chi connectivity index (χ0n) is 17.2.